The third-order valence-electron chi connectivity index (χ3n) is 4.20. The summed E-state index contributed by atoms with van der Waals surface area (Å²) in [4.78, 5) is 35.2. The van der Waals surface area contributed by atoms with E-state index in [9.17, 15) is 14.4 Å². The maximum atomic E-state index is 12.0. The first-order valence-corrected chi connectivity index (χ1v) is 7.60. The van der Waals surface area contributed by atoms with E-state index in [1.54, 1.807) is 0 Å². The molecule has 2 unspecified atom stereocenters. The number of amides is 3. The summed E-state index contributed by atoms with van der Waals surface area (Å²) in [5.41, 5.74) is 11.2. The van der Waals surface area contributed by atoms with E-state index in [0.717, 1.165) is 19.3 Å². The van der Waals surface area contributed by atoms with E-state index in [1.807, 2.05) is 0 Å². The molecule has 1 saturated heterocycles. The van der Waals surface area contributed by atoms with Crippen LogP contribution in [-0.4, -0.2) is 36.3 Å². The first-order chi connectivity index (χ1) is 9.97. The molecule has 0 aromatic carbocycles. The van der Waals surface area contributed by atoms with Gasteiger partial charge in [-0.1, -0.05) is 12.8 Å². The van der Waals surface area contributed by atoms with Crippen molar-refractivity contribution in [3.05, 3.63) is 0 Å². The van der Waals surface area contributed by atoms with E-state index in [2.05, 4.69) is 10.6 Å². The smallest absolute Gasteiger partial charge is 0.240 e. The molecule has 3 amide bonds. The molecule has 6 N–H and O–H groups in total. The molecule has 0 spiro atoms. The maximum Gasteiger partial charge on any atom is 0.240 e. The van der Waals surface area contributed by atoms with E-state index < -0.39 is 18.0 Å². The van der Waals surface area contributed by atoms with Gasteiger partial charge in [-0.2, -0.15) is 0 Å². The van der Waals surface area contributed by atoms with Gasteiger partial charge >= 0.3 is 0 Å². The quantitative estimate of drug-likeness (QED) is 0.480. The molecule has 0 bridgehead atoms. The summed E-state index contributed by atoms with van der Waals surface area (Å²) in [7, 11) is 0. The summed E-state index contributed by atoms with van der Waals surface area (Å²) in [5, 5.41) is 5.36. The second-order valence-corrected chi connectivity index (χ2v) is 6.11. The Bertz CT molecular complexity index is 422. The minimum Gasteiger partial charge on any atom is -0.368 e. The summed E-state index contributed by atoms with van der Waals surface area (Å²) < 4.78 is 0. The molecule has 2 fully saturated rings. The molecule has 7 nitrogen and oxygen atoms in total. The summed E-state index contributed by atoms with van der Waals surface area (Å²) in [5.74, 6) is -0.815. The number of hydrogen-bond donors (Lipinski definition) is 4. The number of piperidine rings is 1. The van der Waals surface area contributed by atoms with Crippen LogP contribution in [0.1, 0.15) is 38.5 Å². The van der Waals surface area contributed by atoms with Crippen molar-refractivity contribution >= 4 is 17.7 Å². The van der Waals surface area contributed by atoms with E-state index in [-0.39, 0.29) is 24.2 Å². The van der Waals surface area contributed by atoms with Crippen LogP contribution < -0.4 is 22.1 Å². The molecule has 0 aromatic rings. The number of nitrogens with two attached hydrogens (primary N) is 2. The topological polar surface area (TPSA) is 127 Å². The number of nitrogens with one attached hydrogen (secondary N) is 2. The van der Waals surface area contributed by atoms with Crippen molar-refractivity contribution in [1.82, 2.24) is 10.6 Å². The highest BCUT2D eigenvalue weighted by Gasteiger charge is 2.31. The van der Waals surface area contributed by atoms with Gasteiger partial charge in [0.25, 0.3) is 0 Å². The summed E-state index contributed by atoms with van der Waals surface area (Å²) in [6.45, 7) is 0.662. The molecular formula is C14H24N4O3. The molecule has 118 valence electrons. The molecule has 3 atom stereocenters. The van der Waals surface area contributed by atoms with Crippen molar-refractivity contribution in [2.24, 2.45) is 23.3 Å². The van der Waals surface area contributed by atoms with Crippen LogP contribution >= 0.6 is 0 Å². The summed E-state index contributed by atoms with van der Waals surface area (Å²) >= 11 is 0. The molecule has 7 heteroatoms. The van der Waals surface area contributed by atoms with Crippen molar-refractivity contribution in [2.45, 2.75) is 50.6 Å². The number of rotatable bonds is 7. The van der Waals surface area contributed by atoms with Gasteiger partial charge in [-0.3, -0.25) is 14.4 Å². The Kier molecular flexibility index (Phi) is 5.17. The predicted molar refractivity (Wildman–Crippen MR) is 76.8 cm³/mol. The fourth-order valence-corrected chi connectivity index (χ4v) is 2.69. The van der Waals surface area contributed by atoms with Gasteiger partial charge in [0.1, 0.15) is 6.04 Å². The molecular weight excluding hydrogens is 272 g/mol. The van der Waals surface area contributed by atoms with Crippen molar-refractivity contribution in [1.29, 1.82) is 0 Å². The largest absolute Gasteiger partial charge is 0.368 e. The predicted octanol–water partition coefficient (Wildman–Crippen LogP) is -1.000. The first-order valence-electron chi connectivity index (χ1n) is 7.60. The standard InChI is InChI=1S/C14H24N4O3/c15-10(6-8-3-4-8)14(21)18-11(12(16)19)7-9-2-1-5-17-13(9)20/h8-11H,1-7,15H2,(H2,16,19)(H,17,20)(H,18,21)/t9-,10?,11?/m0/s1. The van der Waals surface area contributed by atoms with E-state index in [4.69, 9.17) is 11.5 Å². The number of primary amides is 1. The van der Waals surface area contributed by atoms with Gasteiger partial charge < -0.3 is 22.1 Å². The molecule has 2 rings (SSSR count). The van der Waals surface area contributed by atoms with Crippen LogP contribution in [0.4, 0.5) is 0 Å². The molecule has 1 heterocycles. The summed E-state index contributed by atoms with van der Waals surface area (Å²) in [6.07, 6.45) is 4.69. The lowest BCUT2D eigenvalue weighted by molar-refractivity contribution is -0.131. The minimum absolute atomic E-state index is 0.0796. The highest BCUT2D eigenvalue weighted by atomic mass is 16.2. The van der Waals surface area contributed by atoms with Crippen LogP contribution in [0.25, 0.3) is 0 Å². The van der Waals surface area contributed by atoms with Gasteiger partial charge in [0.2, 0.25) is 17.7 Å². The van der Waals surface area contributed by atoms with Gasteiger partial charge in [-0.15, -0.1) is 0 Å². The van der Waals surface area contributed by atoms with Crippen LogP contribution in [-0.2, 0) is 14.4 Å². The normalized spacial score (nSPS) is 24.8. The van der Waals surface area contributed by atoms with Gasteiger partial charge in [-0.05, 0) is 31.6 Å². The first kappa shape index (κ1) is 15.8. The Labute approximate surface area is 124 Å². The molecule has 21 heavy (non-hydrogen) atoms. The Morgan fingerprint density at radius 3 is 2.57 bits per heavy atom. The van der Waals surface area contributed by atoms with Gasteiger partial charge in [0.05, 0.1) is 6.04 Å². The second-order valence-electron chi connectivity index (χ2n) is 6.11. The SMILES string of the molecule is NC(=O)C(C[C@@H]1CCCNC1=O)NC(=O)C(N)CC1CC1. The Hall–Kier alpha value is -1.63. The van der Waals surface area contributed by atoms with E-state index in [0.29, 0.717) is 25.3 Å². The molecule has 0 aromatic heterocycles. The zero-order valence-electron chi connectivity index (χ0n) is 12.1. The maximum absolute atomic E-state index is 12.0. The average molecular weight is 296 g/mol. The lowest BCUT2D eigenvalue weighted by Gasteiger charge is -2.26. The van der Waals surface area contributed by atoms with Crippen LogP contribution in [0.5, 0.6) is 0 Å². The zero-order chi connectivity index (χ0) is 15.4. The highest BCUT2D eigenvalue weighted by molar-refractivity contribution is 5.89. The Morgan fingerprint density at radius 1 is 1.29 bits per heavy atom. The highest BCUT2D eigenvalue weighted by Crippen LogP contribution is 2.33. The number of hydrogen-bond acceptors (Lipinski definition) is 4. The zero-order valence-corrected chi connectivity index (χ0v) is 12.1. The molecule has 1 aliphatic heterocycles. The second kappa shape index (κ2) is 6.89. The number of carbonyl (C=O) groups excluding carboxylic acids is 3. The van der Waals surface area contributed by atoms with Crippen molar-refractivity contribution in [3.63, 3.8) is 0 Å². The van der Waals surface area contributed by atoms with Crippen molar-refractivity contribution in [3.8, 4) is 0 Å². The third kappa shape index (κ3) is 4.70. The average Bonchev–Trinajstić information content (AvgIpc) is 3.23. The van der Waals surface area contributed by atoms with Crippen LogP contribution in [0.2, 0.25) is 0 Å². The Morgan fingerprint density at radius 2 is 2.00 bits per heavy atom. The van der Waals surface area contributed by atoms with Gasteiger partial charge in [0, 0.05) is 12.5 Å². The number of carbonyl (C=O) groups is 3. The molecule has 1 saturated carbocycles. The lowest BCUT2D eigenvalue weighted by atomic mass is 9.91. The Balaban J connectivity index is 1.86. The summed E-state index contributed by atoms with van der Waals surface area (Å²) in [6, 6.07) is -1.45. The van der Waals surface area contributed by atoms with Crippen LogP contribution in [0, 0.1) is 11.8 Å². The fraction of sp³-hybridized carbons (Fsp3) is 0.786. The van der Waals surface area contributed by atoms with Gasteiger partial charge in [0.15, 0.2) is 0 Å². The molecule has 1 aliphatic carbocycles. The van der Waals surface area contributed by atoms with Crippen LogP contribution in [0.15, 0.2) is 0 Å². The lowest BCUT2D eigenvalue weighted by Crippen LogP contribution is -2.52. The van der Waals surface area contributed by atoms with Crippen molar-refractivity contribution in [2.75, 3.05) is 6.54 Å². The fourth-order valence-electron chi connectivity index (χ4n) is 2.69. The van der Waals surface area contributed by atoms with Crippen LogP contribution in [0.3, 0.4) is 0 Å². The molecule has 2 aliphatic rings. The third-order valence-corrected chi connectivity index (χ3v) is 4.20. The van der Waals surface area contributed by atoms with Gasteiger partial charge in [-0.25, -0.2) is 0 Å². The van der Waals surface area contributed by atoms with E-state index in [1.165, 1.54) is 0 Å². The molecule has 0 radical (unpaired) electrons. The van der Waals surface area contributed by atoms with Crippen molar-refractivity contribution < 1.29 is 14.4 Å². The van der Waals surface area contributed by atoms with E-state index >= 15 is 0 Å². The minimum atomic E-state index is -0.836. The monoisotopic (exact) mass is 296 g/mol.